The first kappa shape index (κ1) is 40.5. The van der Waals surface area contributed by atoms with Crippen molar-refractivity contribution >= 4 is 24.0 Å². The standard InChI is InChI=1S/C34H44O19/c1-14(37)53-34(2)10-18(22-17(30(45)46-3)13-47-31(23(22)34)52-33-29(44)27(42)25(40)20(12-36)51-33)49-21(38)9-6-15-4-7-16(8-5-15)48-32-28(43)26(41)24(39)19(11-35)50-32/h4-9,13,18-20,22-29,31-33,35-36,39-44H,10-12H2,1-3H3/b9-6+/t18-,19-,20-,22+,23-,24-,25-,26+,27+,28-,29-,31+,32-,33+,34+/m1/s1. The average molecular weight is 757 g/mol. The molecule has 5 rings (SSSR count). The van der Waals surface area contributed by atoms with Crippen LogP contribution in [0, 0.1) is 11.8 Å². The maximum Gasteiger partial charge on any atom is 0.337 e. The lowest BCUT2D eigenvalue weighted by Crippen LogP contribution is -2.61. The van der Waals surface area contributed by atoms with Crippen LogP contribution >= 0.6 is 0 Å². The molecule has 19 heteroatoms. The van der Waals surface area contributed by atoms with Gasteiger partial charge < -0.3 is 78.7 Å². The summed E-state index contributed by atoms with van der Waals surface area (Å²) in [6.07, 6.45) is -14.8. The molecule has 0 spiro atoms. The minimum Gasteiger partial charge on any atom is -0.471 e. The smallest absolute Gasteiger partial charge is 0.337 e. The van der Waals surface area contributed by atoms with E-state index in [4.69, 9.17) is 37.9 Å². The summed E-state index contributed by atoms with van der Waals surface area (Å²) in [5.74, 6) is -4.40. The number of ether oxygens (including phenoxy) is 8. The predicted molar refractivity (Wildman–Crippen MR) is 171 cm³/mol. The van der Waals surface area contributed by atoms with Gasteiger partial charge in [0.15, 0.2) is 6.29 Å². The molecule has 0 aromatic heterocycles. The molecule has 0 unspecified atom stereocenters. The molecular weight excluding hydrogens is 712 g/mol. The molecular formula is C34H44O19. The molecule has 1 aliphatic carbocycles. The molecule has 1 aromatic carbocycles. The van der Waals surface area contributed by atoms with Crippen LogP contribution in [0.25, 0.3) is 6.08 Å². The van der Waals surface area contributed by atoms with Gasteiger partial charge in [0, 0.05) is 25.3 Å². The third kappa shape index (κ3) is 8.50. The lowest BCUT2D eigenvalue weighted by molar-refractivity contribution is -0.346. The fraction of sp³-hybridized carbons (Fsp3) is 0.618. The van der Waals surface area contributed by atoms with Gasteiger partial charge in [0.2, 0.25) is 12.6 Å². The third-order valence-electron chi connectivity index (χ3n) is 9.66. The number of hydrogen-bond donors (Lipinski definition) is 8. The summed E-state index contributed by atoms with van der Waals surface area (Å²) in [7, 11) is 1.12. The Morgan fingerprint density at radius 2 is 1.43 bits per heavy atom. The monoisotopic (exact) mass is 756 g/mol. The summed E-state index contributed by atoms with van der Waals surface area (Å²) in [6, 6.07) is 6.04. The largest absolute Gasteiger partial charge is 0.471 e. The lowest BCUT2D eigenvalue weighted by Gasteiger charge is -2.44. The van der Waals surface area contributed by atoms with Crippen molar-refractivity contribution in [2.75, 3.05) is 20.3 Å². The Hall–Kier alpha value is -3.73. The zero-order valence-electron chi connectivity index (χ0n) is 28.8. The van der Waals surface area contributed by atoms with Gasteiger partial charge in [-0.05, 0) is 30.7 Å². The Bertz CT molecular complexity index is 1510. The molecule has 53 heavy (non-hydrogen) atoms. The van der Waals surface area contributed by atoms with Gasteiger partial charge in [0.25, 0.3) is 0 Å². The molecule has 4 aliphatic rings. The van der Waals surface area contributed by atoms with Gasteiger partial charge in [-0.3, -0.25) is 4.79 Å². The highest BCUT2D eigenvalue weighted by Gasteiger charge is 2.63. The van der Waals surface area contributed by atoms with Crippen LogP contribution in [0.2, 0.25) is 0 Å². The van der Waals surface area contributed by atoms with E-state index in [2.05, 4.69) is 0 Å². The molecule has 3 aliphatic heterocycles. The van der Waals surface area contributed by atoms with Crippen LogP contribution < -0.4 is 4.74 Å². The Balaban J connectivity index is 1.32. The maximum atomic E-state index is 13.2. The van der Waals surface area contributed by atoms with E-state index < -0.39 is 122 Å². The number of fused-ring (bicyclic) bond motifs is 1. The van der Waals surface area contributed by atoms with Crippen LogP contribution in [0.15, 0.2) is 42.2 Å². The number of carbonyl (C=O) groups is 3. The number of aliphatic hydroxyl groups is 8. The summed E-state index contributed by atoms with van der Waals surface area (Å²) in [6.45, 7) is 1.31. The summed E-state index contributed by atoms with van der Waals surface area (Å²) in [4.78, 5) is 38.5. The number of benzene rings is 1. The quantitative estimate of drug-likeness (QED) is 0.0633. The second kappa shape index (κ2) is 16.7. The van der Waals surface area contributed by atoms with E-state index >= 15 is 0 Å². The van der Waals surface area contributed by atoms with E-state index in [0.717, 1.165) is 26.4 Å². The van der Waals surface area contributed by atoms with E-state index in [9.17, 15) is 55.2 Å². The van der Waals surface area contributed by atoms with Gasteiger partial charge in [-0.2, -0.15) is 0 Å². The fourth-order valence-corrected chi connectivity index (χ4v) is 7.02. The normalized spacial score (nSPS) is 39.7. The summed E-state index contributed by atoms with van der Waals surface area (Å²) in [5.41, 5.74) is -1.11. The fourth-order valence-electron chi connectivity index (χ4n) is 7.02. The van der Waals surface area contributed by atoms with Crippen LogP contribution in [0.3, 0.4) is 0 Å². The van der Waals surface area contributed by atoms with E-state index in [-0.39, 0.29) is 17.7 Å². The Kier molecular flexibility index (Phi) is 12.8. The molecule has 0 radical (unpaired) electrons. The Labute approximate surface area is 302 Å². The molecule has 8 N–H and O–H groups in total. The van der Waals surface area contributed by atoms with E-state index in [1.807, 2.05) is 0 Å². The molecule has 3 heterocycles. The van der Waals surface area contributed by atoms with Gasteiger partial charge >= 0.3 is 17.9 Å². The number of esters is 3. The van der Waals surface area contributed by atoms with Crippen molar-refractivity contribution in [1.82, 2.24) is 0 Å². The number of carbonyl (C=O) groups excluding carboxylic acids is 3. The van der Waals surface area contributed by atoms with Crippen LogP contribution in [0.5, 0.6) is 5.75 Å². The first-order valence-corrected chi connectivity index (χ1v) is 16.7. The predicted octanol–water partition coefficient (Wildman–Crippen LogP) is -3.02. The van der Waals surface area contributed by atoms with E-state index in [1.165, 1.54) is 25.1 Å². The highest BCUT2D eigenvalue weighted by molar-refractivity contribution is 5.90. The topological polar surface area (TPSA) is 287 Å². The van der Waals surface area contributed by atoms with Gasteiger partial charge in [0.05, 0.1) is 38.1 Å². The molecule has 19 nitrogen and oxygen atoms in total. The summed E-state index contributed by atoms with van der Waals surface area (Å²) >= 11 is 0. The Morgan fingerprint density at radius 3 is 2.00 bits per heavy atom. The molecule has 1 aromatic rings. The maximum absolute atomic E-state index is 13.2. The molecule has 0 bridgehead atoms. The van der Waals surface area contributed by atoms with Crippen LogP contribution in [0.1, 0.15) is 25.8 Å². The van der Waals surface area contributed by atoms with Crippen LogP contribution in [-0.4, -0.2) is 158 Å². The third-order valence-corrected chi connectivity index (χ3v) is 9.66. The van der Waals surface area contributed by atoms with Crippen molar-refractivity contribution in [3.63, 3.8) is 0 Å². The van der Waals surface area contributed by atoms with Crippen molar-refractivity contribution in [1.29, 1.82) is 0 Å². The molecule has 2 saturated heterocycles. The highest BCUT2D eigenvalue weighted by atomic mass is 16.8. The van der Waals surface area contributed by atoms with Gasteiger partial charge in [-0.1, -0.05) is 12.1 Å². The molecule has 3 fully saturated rings. The van der Waals surface area contributed by atoms with Gasteiger partial charge in [0.1, 0.15) is 66.3 Å². The second-order valence-electron chi connectivity index (χ2n) is 13.3. The summed E-state index contributed by atoms with van der Waals surface area (Å²) < 4.78 is 44.5. The molecule has 294 valence electrons. The van der Waals surface area contributed by atoms with Crippen molar-refractivity contribution in [2.45, 2.75) is 99.7 Å². The molecule has 15 atom stereocenters. The van der Waals surface area contributed by atoms with E-state index in [0.29, 0.717) is 5.56 Å². The number of aliphatic hydroxyl groups excluding tert-OH is 8. The van der Waals surface area contributed by atoms with Crippen molar-refractivity contribution in [3.8, 4) is 5.75 Å². The average Bonchev–Trinajstić information content (AvgIpc) is 3.41. The second-order valence-corrected chi connectivity index (χ2v) is 13.3. The van der Waals surface area contributed by atoms with Crippen LogP contribution in [0.4, 0.5) is 0 Å². The SMILES string of the molecule is COC(=O)C1=CO[C@@H](O[C@@H]2O[C@H](CO)[C@@H](O)[C@H](O)[C@H]2O)[C@H]2[C@@H]1[C@H](OC(=O)/C=C/c1ccc(O[C@@H]3O[C@H](CO)[C@@H](O)[C@H](O)[C@H]3O)cc1)C[C@]2(C)OC(C)=O. The van der Waals surface area contributed by atoms with Gasteiger partial charge in [-0.15, -0.1) is 0 Å². The van der Waals surface area contributed by atoms with Crippen molar-refractivity contribution in [3.05, 3.63) is 47.7 Å². The number of rotatable bonds is 11. The number of hydrogen-bond acceptors (Lipinski definition) is 19. The first-order chi connectivity index (χ1) is 25.1. The van der Waals surface area contributed by atoms with Crippen molar-refractivity contribution < 1.29 is 93.1 Å². The number of methoxy groups -OCH3 is 1. The minimum atomic E-state index is -1.81. The highest BCUT2D eigenvalue weighted by Crippen LogP contribution is 2.52. The molecule has 1 saturated carbocycles. The minimum absolute atomic E-state index is 0.0844. The zero-order valence-corrected chi connectivity index (χ0v) is 28.8. The lowest BCUT2D eigenvalue weighted by atomic mass is 9.80. The summed E-state index contributed by atoms with van der Waals surface area (Å²) in [5, 5.41) is 80.3. The Morgan fingerprint density at radius 1 is 0.849 bits per heavy atom. The van der Waals surface area contributed by atoms with E-state index in [1.54, 1.807) is 12.1 Å². The molecule has 0 amide bonds. The first-order valence-electron chi connectivity index (χ1n) is 16.7. The van der Waals surface area contributed by atoms with Crippen molar-refractivity contribution in [2.24, 2.45) is 11.8 Å². The van der Waals surface area contributed by atoms with Crippen LogP contribution in [-0.2, 0) is 47.5 Å². The van der Waals surface area contributed by atoms with Gasteiger partial charge in [-0.25, -0.2) is 9.59 Å². The zero-order chi connectivity index (χ0) is 38.8.